The Morgan fingerprint density at radius 2 is 0.946 bits per heavy atom. The highest BCUT2D eigenvalue weighted by Gasteiger charge is 2.30. The van der Waals surface area contributed by atoms with Crippen LogP contribution in [-0.2, 0) is 33.8 Å². The van der Waals surface area contributed by atoms with Crippen LogP contribution in [0.2, 0.25) is 0 Å². The molecule has 0 radical (unpaired) electrons. The summed E-state index contributed by atoms with van der Waals surface area (Å²) in [5.74, 6) is -4.01. The maximum absolute atomic E-state index is 13.1. The van der Waals surface area contributed by atoms with Crippen molar-refractivity contribution in [2.75, 3.05) is 6.54 Å². The molecule has 0 spiro atoms. The van der Waals surface area contributed by atoms with Gasteiger partial charge in [0.15, 0.2) is 0 Å². The van der Waals surface area contributed by atoms with Crippen molar-refractivity contribution in [1.29, 1.82) is 0 Å². The van der Waals surface area contributed by atoms with E-state index in [0.717, 1.165) is 12.8 Å². The lowest BCUT2D eigenvalue weighted by atomic mass is 9.88. The Kier molecular flexibility index (Phi) is 47.8. The zero-order valence-electron chi connectivity index (χ0n) is 53.9. The molecule has 0 aromatic heterocycles. The van der Waals surface area contributed by atoms with Crippen molar-refractivity contribution in [3.8, 4) is 0 Å². The molecular formula is C68H105N3O20S. The number of nitrogens with zero attached hydrogens (tertiary/aromatic N) is 1. The van der Waals surface area contributed by atoms with Gasteiger partial charge in [-0.05, 0) is 77.6 Å². The number of aliphatic imine (C=N–C) groups is 1. The molecule has 0 aromatic rings. The Morgan fingerprint density at radius 1 is 0.500 bits per heavy atom. The smallest absolute Gasteiger partial charge is 0.397 e. The average Bonchev–Trinajstić information content (AvgIpc) is 1.65. The molecule has 0 aromatic carbocycles. The number of unbranched alkanes of at least 4 members (excludes halogenated alkanes) is 1. The van der Waals surface area contributed by atoms with E-state index in [-0.39, 0.29) is 88.2 Å². The lowest BCUT2D eigenvalue weighted by molar-refractivity contribution is -0.132. The van der Waals surface area contributed by atoms with Gasteiger partial charge >= 0.3 is 16.4 Å². The second-order valence-electron chi connectivity index (χ2n) is 22.7. The molecule has 23 nitrogen and oxygen atoms in total. The predicted octanol–water partition coefficient (Wildman–Crippen LogP) is 5.81. The number of hydrogen-bond acceptors (Lipinski definition) is 19. The van der Waals surface area contributed by atoms with E-state index in [2.05, 4.69) is 15.6 Å². The zero-order valence-corrected chi connectivity index (χ0v) is 54.8. The SMILES string of the molecule is CC(=O)NC(=NCCCC(O)CC(O)C/C=C/C(O)CC(O)CC(O)C/C=C/C(O)CC(O)C/C=C/C(O)CC(O)CC(=O)C(C)C(CC/C=C/C=C/C=C/C=C/C=C/C=C/C(O)C(C)C(O)C(C)/C=C/CC/C=C/C=C/C=C(\C)C(=O)O)OS(=O)(=O)O)NC(C)=O. The van der Waals surface area contributed by atoms with Crippen LogP contribution in [-0.4, -0.2) is 184 Å². The van der Waals surface area contributed by atoms with Crippen molar-refractivity contribution in [3.63, 3.8) is 0 Å². The topological polar surface area (TPSA) is 411 Å². The minimum Gasteiger partial charge on any atom is -0.478 e. The molecule has 0 aliphatic heterocycles. The Hall–Kier alpha value is -6.20. The van der Waals surface area contributed by atoms with Gasteiger partial charge in [-0.2, -0.15) is 8.42 Å². The van der Waals surface area contributed by atoms with Crippen LogP contribution in [0.1, 0.15) is 138 Å². The van der Waals surface area contributed by atoms with E-state index in [4.69, 9.17) is 9.29 Å². The fourth-order valence-corrected chi connectivity index (χ4v) is 9.27. The van der Waals surface area contributed by atoms with E-state index >= 15 is 0 Å². The van der Waals surface area contributed by atoms with Crippen LogP contribution < -0.4 is 10.6 Å². The van der Waals surface area contributed by atoms with Gasteiger partial charge in [-0.25, -0.2) is 8.98 Å². The maximum Gasteiger partial charge on any atom is 0.397 e. The number of carbonyl (C=O) groups is 4. The van der Waals surface area contributed by atoms with Gasteiger partial charge in [-0.15, -0.1) is 0 Å². The Balaban J connectivity index is 4.75. The second-order valence-corrected chi connectivity index (χ2v) is 23.7. The van der Waals surface area contributed by atoms with Gasteiger partial charge in [0.25, 0.3) is 0 Å². The molecule has 0 saturated carbocycles. The number of carboxylic acids is 1. The third-order valence-corrected chi connectivity index (χ3v) is 14.4. The largest absolute Gasteiger partial charge is 0.478 e. The molecule has 24 heteroatoms. The van der Waals surface area contributed by atoms with E-state index in [1.165, 1.54) is 70.2 Å². The fraction of sp³-hybridized carbons (Fsp3) is 0.544. The summed E-state index contributed by atoms with van der Waals surface area (Å²) in [6.07, 6.45) is 31.1. The lowest BCUT2D eigenvalue weighted by Gasteiger charge is -2.25. The molecule has 0 saturated heterocycles. The molecule has 0 aliphatic carbocycles. The van der Waals surface area contributed by atoms with E-state index in [0.29, 0.717) is 12.8 Å². The summed E-state index contributed by atoms with van der Waals surface area (Å²) in [5.41, 5.74) is 0.250. The number of nitrogens with one attached hydrogen (secondary N) is 2. The van der Waals surface area contributed by atoms with Crippen molar-refractivity contribution in [3.05, 3.63) is 157 Å². The minimum atomic E-state index is -4.94. The number of aliphatic hydroxyl groups is 11. The molecular weight excluding hydrogens is 1210 g/mol. The number of aliphatic carboxylic acids is 1. The van der Waals surface area contributed by atoms with Crippen LogP contribution in [0.5, 0.6) is 0 Å². The van der Waals surface area contributed by atoms with E-state index in [9.17, 15) is 88.3 Å². The predicted molar refractivity (Wildman–Crippen MR) is 355 cm³/mol. The van der Waals surface area contributed by atoms with Gasteiger partial charge in [0.05, 0.1) is 73.2 Å². The number of carboxylic acid groups (broad SMARTS) is 1. The minimum absolute atomic E-state index is 0.00770. The average molecular weight is 1320 g/mol. The summed E-state index contributed by atoms with van der Waals surface area (Å²) >= 11 is 0. The first-order valence-corrected chi connectivity index (χ1v) is 32.4. The van der Waals surface area contributed by atoms with Crippen LogP contribution in [0.25, 0.3) is 0 Å². The zero-order chi connectivity index (χ0) is 69.4. The number of carbonyl (C=O) groups excluding carboxylic acids is 3. The molecule has 0 aliphatic rings. The Bertz CT molecular complexity index is 2650. The van der Waals surface area contributed by atoms with Crippen LogP contribution in [0, 0.1) is 17.8 Å². The van der Waals surface area contributed by atoms with Crippen LogP contribution in [0.4, 0.5) is 0 Å². The Morgan fingerprint density at radius 3 is 1.46 bits per heavy atom. The first-order chi connectivity index (χ1) is 43.4. The molecule has 2 amide bonds. The molecule has 0 rings (SSSR count). The first kappa shape index (κ1) is 85.8. The molecule has 92 heavy (non-hydrogen) atoms. The molecule has 15 atom stereocenters. The number of Topliss-reactive ketones (excluding diaryl/α,β-unsaturated/α-hetero) is 1. The van der Waals surface area contributed by atoms with Gasteiger partial charge < -0.3 is 61.3 Å². The highest BCUT2D eigenvalue weighted by molar-refractivity contribution is 7.80. The monoisotopic (exact) mass is 1320 g/mol. The first-order valence-electron chi connectivity index (χ1n) is 31.1. The summed E-state index contributed by atoms with van der Waals surface area (Å²) in [5, 5.41) is 129. The van der Waals surface area contributed by atoms with Gasteiger partial charge in [0, 0.05) is 69.4 Å². The highest BCUT2D eigenvalue weighted by Crippen LogP contribution is 2.22. The number of rotatable bonds is 48. The van der Waals surface area contributed by atoms with Crippen LogP contribution in [0.3, 0.4) is 0 Å². The molecule has 518 valence electrons. The molecule has 0 fully saturated rings. The summed E-state index contributed by atoms with van der Waals surface area (Å²) in [6.45, 7) is 9.34. The van der Waals surface area contributed by atoms with Gasteiger partial charge in [0.2, 0.25) is 17.8 Å². The maximum atomic E-state index is 13.1. The van der Waals surface area contributed by atoms with Crippen molar-refractivity contribution in [1.82, 2.24) is 10.6 Å². The number of guanidine groups is 1. The fourth-order valence-electron chi connectivity index (χ4n) is 8.70. The third kappa shape index (κ3) is 48.5. The van der Waals surface area contributed by atoms with Crippen LogP contribution >= 0.6 is 0 Å². The lowest BCUT2D eigenvalue weighted by Crippen LogP contribution is -2.42. The standard InChI is InChI=1S/C68H105N3O20S/c1-48(30-22-18-14-13-15-19-23-31-49(2)67(86)87)66(85)51(4)63(83)39-24-20-16-11-9-7-8-10-12-17-21-25-40-65(91-92(88,89)90)50(3)64(84)47-62(82)46-59(79)37-28-33-55(75)42-54(74)32-26-35-57(77)44-61(81)45-58(78)36-27-34-56(76)43-60(80)38-29-41-69-68(70-52(5)72)71-53(6)73/h7-13,15-17,19-24,26-28,30-32,36-37,39,48,50-51,54-63,65-66,74-83,85H,14,18,25,29,33-35,38,40-47H2,1-6H3,(H,86,87)(H,88,89,90)(H2,69,70,71,72,73)/b8-7+,11-9+,12-10+,15-13+,20-16+,21-17+,23-19+,30-22+,32-26+,36-27+,37-28+,39-24+,49-31+. The summed E-state index contributed by atoms with van der Waals surface area (Å²) < 4.78 is 37.6. The quantitative estimate of drug-likeness (QED) is 0.00650. The number of allylic oxidation sites excluding steroid dienone is 17. The van der Waals surface area contributed by atoms with Crippen molar-refractivity contribution >= 4 is 39.9 Å². The van der Waals surface area contributed by atoms with Gasteiger partial charge in [-0.1, -0.05) is 173 Å². The Labute approximate surface area is 543 Å². The molecule has 15 N–H and O–H groups in total. The third-order valence-electron chi connectivity index (χ3n) is 13.9. The number of aliphatic hydroxyl groups excluding tert-OH is 11. The number of amides is 2. The molecule has 0 heterocycles. The van der Waals surface area contributed by atoms with Gasteiger partial charge in [-0.3, -0.25) is 34.6 Å². The van der Waals surface area contributed by atoms with Crippen LogP contribution in [0.15, 0.2) is 162 Å². The number of hydrogen-bond donors (Lipinski definition) is 15. The summed E-state index contributed by atoms with van der Waals surface area (Å²) in [6, 6.07) is 0. The van der Waals surface area contributed by atoms with E-state index < -0.39 is 125 Å². The van der Waals surface area contributed by atoms with Crippen molar-refractivity contribution < 1.29 is 97.6 Å². The molecule has 15 unspecified atom stereocenters. The van der Waals surface area contributed by atoms with Crippen molar-refractivity contribution in [2.24, 2.45) is 22.7 Å². The van der Waals surface area contributed by atoms with Crippen molar-refractivity contribution in [2.45, 2.75) is 211 Å². The van der Waals surface area contributed by atoms with Gasteiger partial charge in [0.1, 0.15) is 5.78 Å². The second kappa shape index (κ2) is 51.2. The highest BCUT2D eigenvalue weighted by atomic mass is 32.3. The summed E-state index contributed by atoms with van der Waals surface area (Å²) in [4.78, 5) is 50.5. The van der Waals surface area contributed by atoms with E-state index in [1.807, 2.05) is 31.2 Å². The number of ketones is 1. The van der Waals surface area contributed by atoms with E-state index in [1.54, 1.807) is 92.0 Å². The summed E-state index contributed by atoms with van der Waals surface area (Å²) in [7, 11) is -4.94. The molecule has 0 bridgehead atoms. The normalized spacial score (nSPS) is 18.3.